The second-order valence-electron chi connectivity index (χ2n) is 4.81. The zero-order chi connectivity index (χ0) is 15.1. The second kappa shape index (κ2) is 7.64. The van der Waals surface area contributed by atoms with Crippen LogP contribution in [0, 0.1) is 5.82 Å². The predicted octanol–water partition coefficient (Wildman–Crippen LogP) is 3.76. The molecule has 0 saturated carbocycles. The zero-order valence-corrected chi connectivity index (χ0v) is 12.1. The van der Waals surface area contributed by atoms with Crippen LogP contribution in [0.2, 0.25) is 0 Å². The molecule has 2 aromatic rings. The van der Waals surface area contributed by atoms with Gasteiger partial charge in [0.25, 0.3) is 0 Å². The smallest absolute Gasteiger partial charge is 0.125 e. The Morgan fingerprint density at radius 2 is 2.00 bits per heavy atom. The van der Waals surface area contributed by atoms with Gasteiger partial charge in [-0.05, 0) is 42.3 Å². The van der Waals surface area contributed by atoms with E-state index in [0.717, 1.165) is 17.7 Å². The molecule has 0 saturated heterocycles. The summed E-state index contributed by atoms with van der Waals surface area (Å²) >= 11 is 0. The highest BCUT2D eigenvalue weighted by atomic mass is 19.1. The van der Waals surface area contributed by atoms with Crippen molar-refractivity contribution in [2.45, 2.75) is 19.4 Å². The average molecular weight is 289 g/mol. The van der Waals surface area contributed by atoms with Crippen molar-refractivity contribution in [1.29, 1.82) is 0 Å². The summed E-state index contributed by atoms with van der Waals surface area (Å²) in [6.07, 6.45) is 0.940. The number of aliphatic hydroxyl groups is 1. The van der Waals surface area contributed by atoms with E-state index in [2.05, 4.69) is 5.32 Å². The third-order valence-corrected chi connectivity index (χ3v) is 3.08. The number of hydrogen-bond donors (Lipinski definition) is 2. The predicted molar refractivity (Wildman–Crippen MR) is 82.1 cm³/mol. The molecule has 0 heterocycles. The van der Waals surface area contributed by atoms with Crippen LogP contribution in [0.15, 0.2) is 48.5 Å². The fourth-order valence-corrected chi connectivity index (χ4v) is 2.05. The van der Waals surface area contributed by atoms with Gasteiger partial charge in [-0.15, -0.1) is 0 Å². The Morgan fingerprint density at radius 1 is 1.19 bits per heavy atom. The van der Waals surface area contributed by atoms with Gasteiger partial charge in [-0.2, -0.15) is 0 Å². The van der Waals surface area contributed by atoms with Crippen LogP contribution in [0.4, 0.5) is 10.1 Å². The van der Waals surface area contributed by atoms with E-state index in [1.54, 1.807) is 12.1 Å². The minimum Gasteiger partial charge on any atom is -0.494 e. The van der Waals surface area contributed by atoms with E-state index in [-0.39, 0.29) is 18.5 Å². The molecule has 0 spiro atoms. The van der Waals surface area contributed by atoms with Gasteiger partial charge in [0.1, 0.15) is 11.6 Å². The molecule has 1 unspecified atom stereocenters. The normalized spacial score (nSPS) is 12.0. The van der Waals surface area contributed by atoms with Crippen molar-refractivity contribution in [3.63, 3.8) is 0 Å². The highest BCUT2D eigenvalue weighted by Gasteiger charge is 2.11. The van der Waals surface area contributed by atoms with Gasteiger partial charge in [0.2, 0.25) is 0 Å². The molecule has 1 atom stereocenters. The lowest BCUT2D eigenvalue weighted by Crippen LogP contribution is -2.15. The van der Waals surface area contributed by atoms with Gasteiger partial charge in [-0.1, -0.05) is 25.1 Å². The fraction of sp³-hybridized carbons (Fsp3) is 0.294. The summed E-state index contributed by atoms with van der Waals surface area (Å²) in [4.78, 5) is 0. The van der Waals surface area contributed by atoms with Crippen LogP contribution in [0.3, 0.4) is 0 Å². The lowest BCUT2D eigenvalue weighted by atomic mass is 10.1. The Labute approximate surface area is 124 Å². The lowest BCUT2D eigenvalue weighted by Gasteiger charge is -2.19. The van der Waals surface area contributed by atoms with E-state index in [1.807, 2.05) is 31.2 Å². The Kier molecular flexibility index (Phi) is 5.58. The minimum absolute atomic E-state index is 0.0895. The van der Waals surface area contributed by atoms with E-state index in [9.17, 15) is 9.50 Å². The molecule has 4 heteroatoms. The van der Waals surface area contributed by atoms with Crippen LogP contribution in [0.1, 0.15) is 24.9 Å². The van der Waals surface area contributed by atoms with Crippen molar-refractivity contribution in [2.75, 3.05) is 18.5 Å². The van der Waals surface area contributed by atoms with Crippen molar-refractivity contribution in [3.8, 4) is 5.75 Å². The summed E-state index contributed by atoms with van der Waals surface area (Å²) in [6.45, 7) is 2.62. The second-order valence-corrected chi connectivity index (χ2v) is 4.81. The summed E-state index contributed by atoms with van der Waals surface area (Å²) in [5.41, 5.74) is 1.53. The molecular formula is C17H20FNO2. The van der Waals surface area contributed by atoms with Crippen LogP contribution in [0.5, 0.6) is 5.75 Å². The SMILES string of the molecule is CCCOc1cccc(C(CO)Nc2cccc(F)c2)c1. The Bertz CT molecular complexity index is 574. The molecule has 0 radical (unpaired) electrons. The van der Waals surface area contributed by atoms with Crippen LogP contribution in [0.25, 0.3) is 0 Å². The number of rotatable bonds is 7. The van der Waals surface area contributed by atoms with Crippen molar-refractivity contribution in [1.82, 2.24) is 0 Å². The Morgan fingerprint density at radius 3 is 2.71 bits per heavy atom. The Hall–Kier alpha value is -2.07. The number of ether oxygens (including phenoxy) is 1. The first-order valence-electron chi connectivity index (χ1n) is 7.08. The van der Waals surface area contributed by atoms with Gasteiger partial charge in [0.15, 0.2) is 0 Å². The topological polar surface area (TPSA) is 41.5 Å². The van der Waals surface area contributed by atoms with Gasteiger partial charge >= 0.3 is 0 Å². The third kappa shape index (κ3) is 4.46. The van der Waals surface area contributed by atoms with Crippen molar-refractivity contribution in [2.24, 2.45) is 0 Å². The van der Waals surface area contributed by atoms with Crippen LogP contribution in [-0.2, 0) is 0 Å². The van der Waals surface area contributed by atoms with Gasteiger partial charge in [-0.25, -0.2) is 4.39 Å². The molecule has 0 bridgehead atoms. The van der Waals surface area contributed by atoms with E-state index in [1.165, 1.54) is 12.1 Å². The fourth-order valence-electron chi connectivity index (χ4n) is 2.05. The maximum Gasteiger partial charge on any atom is 0.125 e. The van der Waals surface area contributed by atoms with E-state index >= 15 is 0 Å². The monoisotopic (exact) mass is 289 g/mol. The largest absolute Gasteiger partial charge is 0.494 e. The number of halogens is 1. The van der Waals surface area contributed by atoms with Crippen LogP contribution in [-0.4, -0.2) is 18.3 Å². The first-order valence-corrected chi connectivity index (χ1v) is 7.08. The maximum absolute atomic E-state index is 13.2. The van der Waals surface area contributed by atoms with Gasteiger partial charge in [-0.3, -0.25) is 0 Å². The van der Waals surface area contributed by atoms with Crippen molar-refractivity contribution >= 4 is 5.69 Å². The number of benzene rings is 2. The molecule has 2 N–H and O–H groups in total. The summed E-state index contributed by atoms with van der Waals surface area (Å²) in [5.74, 6) is 0.463. The number of hydrogen-bond acceptors (Lipinski definition) is 3. The quantitative estimate of drug-likeness (QED) is 0.815. The van der Waals surface area contributed by atoms with Crippen molar-refractivity contribution in [3.05, 3.63) is 59.9 Å². The standard InChI is InChI=1S/C17H20FNO2/c1-2-9-21-16-8-3-5-13(10-16)17(12-20)19-15-7-4-6-14(18)11-15/h3-8,10-11,17,19-20H,2,9,12H2,1H3. The van der Waals surface area contributed by atoms with Gasteiger partial charge in [0, 0.05) is 5.69 Å². The summed E-state index contributed by atoms with van der Waals surface area (Å²) < 4.78 is 18.8. The first kappa shape index (κ1) is 15.3. The lowest BCUT2D eigenvalue weighted by molar-refractivity contribution is 0.275. The number of aliphatic hydroxyl groups excluding tert-OH is 1. The molecule has 112 valence electrons. The molecule has 0 aliphatic carbocycles. The van der Waals surface area contributed by atoms with E-state index in [0.29, 0.717) is 12.3 Å². The molecule has 21 heavy (non-hydrogen) atoms. The molecule has 0 aromatic heterocycles. The molecule has 3 nitrogen and oxygen atoms in total. The number of nitrogens with one attached hydrogen (secondary N) is 1. The Balaban J connectivity index is 2.13. The molecule has 0 aliphatic rings. The van der Waals surface area contributed by atoms with E-state index in [4.69, 9.17) is 4.74 Å². The zero-order valence-electron chi connectivity index (χ0n) is 12.1. The molecule has 0 aliphatic heterocycles. The van der Waals surface area contributed by atoms with Crippen LogP contribution >= 0.6 is 0 Å². The number of anilines is 1. The summed E-state index contributed by atoms with van der Waals surface area (Å²) in [5, 5.41) is 12.7. The maximum atomic E-state index is 13.2. The van der Waals surface area contributed by atoms with Crippen LogP contribution < -0.4 is 10.1 Å². The van der Waals surface area contributed by atoms with Gasteiger partial charge in [0.05, 0.1) is 19.3 Å². The van der Waals surface area contributed by atoms with Crippen molar-refractivity contribution < 1.29 is 14.2 Å². The molecule has 0 fully saturated rings. The van der Waals surface area contributed by atoms with E-state index < -0.39 is 0 Å². The average Bonchev–Trinajstić information content (AvgIpc) is 2.51. The molecule has 2 aromatic carbocycles. The molecule has 2 rings (SSSR count). The third-order valence-electron chi connectivity index (χ3n) is 3.08. The van der Waals surface area contributed by atoms with Gasteiger partial charge < -0.3 is 15.2 Å². The minimum atomic E-state index is -0.309. The first-order chi connectivity index (χ1) is 10.2. The summed E-state index contributed by atoms with van der Waals surface area (Å²) in [7, 11) is 0. The molecule has 0 amide bonds. The summed E-state index contributed by atoms with van der Waals surface area (Å²) in [6, 6.07) is 13.5. The highest BCUT2D eigenvalue weighted by Crippen LogP contribution is 2.23. The highest BCUT2D eigenvalue weighted by molar-refractivity contribution is 5.46. The molecular weight excluding hydrogens is 269 g/mol.